The van der Waals surface area contributed by atoms with Crippen LogP contribution in [0.25, 0.3) is 0 Å². The number of nitrogens with zero attached hydrogens (tertiary/aromatic N) is 2. The molecule has 0 amide bonds. The zero-order chi connectivity index (χ0) is 11.3. The number of Topliss-reactive ketones (excluding diaryl/α,β-unsaturated/α-hetero) is 1. The molecule has 2 aliphatic rings. The molecule has 0 fully saturated rings. The highest BCUT2D eigenvalue weighted by molar-refractivity contribution is 6.54. The molecule has 3 heteroatoms. The fourth-order valence-electron chi connectivity index (χ4n) is 2.34. The molecule has 3 nitrogen and oxygen atoms in total. The highest BCUT2D eigenvalue weighted by Gasteiger charge is 2.39. The summed E-state index contributed by atoms with van der Waals surface area (Å²) in [7, 11) is 0. The maximum atomic E-state index is 12.1. The molecule has 1 aromatic rings. The third kappa shape index (κ3) is 1.21. The molecule has 2 heterocycles. The van der Waals surface area contributed by atoms with Crippen molar-refractivity contribution < 1.29 is 4.79 Å². The first-order valence-corrected chi connectivity index (χ1v) is 5.54. The minimum atomic E-state index is 0.0751. The van der Waals surface area contributed by atoms with Crippen molar-refractivity contribution in [3.63, 3.8) is 0 Å². The maximum absolute atomic E-state index is 12.1. The van der Waals surface area contributed by atoms with Crippen LogP contribution in [0.15, 0.2) is 29.3 Å². The Kier molecular flexibility index (Phi) is 1.76. The Balaban J connectivity index is 2.15. The predicted molar refractivity (Wildman–Crippen MR) is 64.2 cm³/mol. The van der Waals surface area contributed by atoms with Crippen LogP contribution in [0.3, 0.4) is 0 Å². The van der Waals surface area contributed by atoms with Crippen LogP contribution in [0.2, 0.25) is 0 Å². The summed E-state index contributed by atoms with van der Waals surface area (Å²) in [5.41, 5.74) is 1.94. The lowest BCUT2D eigenvalue weighted by Crippen LogP contribution is -2.44. The second kappa shape index (κ2) is 2.94. The molecule has 2 aliphatic heterocycles. The number of carbonyl (C=O) groups excluding carboxylic acids is 1. The number of fused-ring (bicyclic) bond motifs is 3. The van der Waals surface area contributed by atoms with E-state index in [0.717, 1.165) is 24.3 Å². The topological polar surface area (TPSA) is 32.7 Å². The third-order valence-electron chi connectivity index (χ3n) is 3.14. The first kappa shape index (κ1) is 9.58. The number of para-hydroxylation sites is 1. The summed E-state index contributed by atoms with van der Waals surface area (Å²) in [6.45, 7) is 5.96. The van der Waals surface area contributed by atoms with E-state index in [1.807, 2.05) is 24.3 Å². The van der Waals surface area contributed by atoms with Crippen molar-refractivity contribution in [2.75, 3.05) is 18.0 Å². The van der Waals surface area contributed by atoms with E-state index in [-0.39, 0.29) is 11.2 Å². The molecule has 16 heavy (non-hydrogen) atoms. The number of benzene rings is 1. The van der Waals surface area contributed by atoms with E-state index in [1.54, 1.807) is 0 Å². The second-order valence-electron chi connectivity index (χ2n) is 5.24. The van der Waals surface area contributed by atoms with E-state index >= 15 is 0 Å². The van der Waals surface area contributed by atoms with Crippen LogP contribution < -0.4 is 4.90 Å². The fraction of sp³-hybridized carbons (Fsp3) is 0.385. The van der Waals surface area contributed by atoms with Gasteiger partial charge in [0.15, 0.2) is 5.84 Å². The Labute approximate surface area is 94.8 Å². The lowest BCUT2D eigenvalue weighted by atomic mass is 9.91. The molecule has 0 radical (unpaired) electrons. The molecular formula is C13H14N2O. The summed E-state index contributed by atoms with van der Waals surface area (Å²) >= 11 is 0. The standard InChI is InChI=1S/C13H14N2O/c1-13(2)7-14-12-11(16)9-5-3-4-6-10(9)15(12)8-13/h3-6H,7-8H2,1-2H3. The number of rotatable bonds is 0. The van der Waals surface area contributed by atoms with Gasteiger partial charge >= 0.3 is 0 Å². The van der Waals surface area contributed by atoms with Crippen LogP contribution >= 0.6 is 0 Å². The van der Waals surface area contributed by atoms with Crippen molar-refractivity contribution in [3.05, 3.63) is 29.8 Å². The lowest BCUT2D eigenvalue weighted by molar-refractivity contribution is 0.106. The van der Waals surface area contributed by atoms with Gasteiger partial charge in [0.05, 0.1) is 5.69 Å². The minimum absolute atomic E-state index is 0.0751. The molecule has 82 valence electrons. The zero-order valence-corrected chi connectivity index (χ0v) is 9.53. The van der Waals surface area contributed by atoms with Gasteiger partial charge in [0.2, 0.25) is 5.78 Å². The SMILES string of the molecule is CC1(C)CN=C2C(=O)c3ccccc3N2C1. The summed E-state index contributed by atoms with van der Waals surface area (Å²) < 4.78 is 0. The summed E-state index contributed by atoms with van der Waals surface area (Å²) in [6.07, 6.45) is 0. The number of carbonyl (C=O) groups is 1. The first-order chi connectivity index (χ1) is 7.58. The van der Waals surface area contributed by atoms with Crippen molar-refractivity contribution in [1.82, 2.24) is 0 Å². The van der Waals surface area contributed by atoms with E-state index in [9.17, 15) is 4.79 Å². The average molecular weight is 214 g/mol. The molecule has 3 rings (SSSR count). The largest absolute Gasteiger partial charge is 0.322 e. The third-order valence-corrected chi connectivity index (χ3v) is 3.14. The molecule has 0 saturated heterocycles. The average Bonchev–Trinajstić information content (AvgIpc) is 2.52. The highest BCUT2D eigenvalue weighted by Crippen LogP contribution is 2.35. The molecule has 0 aliphatic carbocycles. The smallest absolute Gasteiger partial charge is 0.230 e. The van der Waals surface area contributed by atoms with Crippen LogP contribution in [-0.2, 0) is 0 Å². The Morgan fingerprint density at radius 3 is 2.88 bits per heavy atom. The van der Waals surface area contributed by atoms with Crippen molar-refractivity contribution >= 4 is 17.3 Å². The van der Waals surface area contributed by atoms with Crippen molar-refractivity contribution in [2.24, 2.45) is 10.4 Å². The van der Waals surface area contributed by atoms with Gasteiger partial charge in [-0.3, -0.25) is 9.79 Å². The van der Waals surface area contributed by atoms with Gasteiger partial charge in [-0.1, -0.05) is 26.0 Å². The van der Waals surface area contributed by atoms with Crippen LogP contribution in [0.5, 0.6) is 0 Å². The van der Waals surface area contributed by atoms with Gasteiger partial charge in [-0.2, -0.15) is 0 Å². The van der Waals surface area contributed by atoms with E-state index in [4.69, 9.17) is 0 Å². The van der Waals surface area contributed by atoms with Crippen molar-refractivity contribution in [1.29, 1.82) is 0 Å². The number of hydrogen-bond acceptors (Lipinski definition) is 3. The predicted octanol–water partition coefficient (Wildman–Crippen LogP) is 2.13. The molecule has 0 bridgehead atoms. The summed E-state index contributed by atoms with van der Waals surface area (Å²) in [5.74, 6) is 0.701. The van der Waals surface area contributed by atoms with Gasteiger partial charge in [-0.25, -0.2) is 0 Å². The monoisotopic (exact) mass is 214 g/mol. The number of amidine groups is 1. The van der Waals surface area contributed by atoms with Crippen LogP contribution in [0.4, 0.5) is 5.69 Å². The van der Waals surface area contributed by atoms with Crippen molar-refractivity contribution in [3.8, 4) is 0 Å². The van der Waals surface area contributed by atoms with Crippen molar-refractivity contribution in [2.45, 2.75) is 13.8 Å². The van der Waals surface area contributed by atoms with Gasteiger partial charge < -0.3 is 4.90 Å². The van der Waals surface area contributed by atoms with E-state index < -0.39 is 0 Å². The van der Waals surface area contributed by atoms with Gasteiger partial charge in [-0.05, 0) is 12.1 Å². The molecule has 0 saturated carbocycles. The second-order valence-corrected chi connectivity index (χ2v) is 5.24. The lowest BCUT2D eigenvalue weighted by Gasteiger charge is -2.34. The van der Waals surface area contributed by atoms with E-state index in [0.29, 0.717) is 5.84 Å². The summed E-state index contributed by atoms with van der Waals surface area (Å²) in [4.78, 5) is 18.6. The number of hydrogen-bond donors (Lipinski definition) is 0. The minimum Gasteiger partial charge on any atom is -0.322 e. The van der Waals surface area contributed by atoms with Gasteiger partial charge in [0.1, 0.15) is 0 Å². The zero-order valence-electron chi connectivity index (χ0n) is 9.53. The van der Waals surface area contributed by atoms with E-state index in [1.165, 1.54) is 0 Å². The maximum Gasteiger partial charge on any atom is 0.230 e. The molecule has 0 N–H and O–H groups in total. The highest BCUT2D eigenvalue weighted by atomic mass is 16.1. The first-order valence-electron chi connectivity index (χ1n) is 5.54. The Morgan fingerprint density at radius 1 is 1.31 bits per heavy atom. The van der Waals surface area contributed by atoms with Crippen LogP contribution in [-0.4, -0.2) is 24.7 Å². The summed E-state index contributed by atoms with van der Waals surface area (Å²) in [5, 5.41) is 0. The molecule has 0 atom stereocenters. The molecule has 1 aromatic carbocycles. The number of aliphatic imine (C=N–C) groups is 1. The van der Waals surface area contributed by atoms with Gasteiger partial charge in [-0.15, -0.1) is 0 Å². The Morgan fingerprint density at radius 2 is 2.06 bits per heavy atom. The number of ketones is 1. The Bertz CT molecular complexity index is 502. The molecule has 0 aromatic heterocycles. The number of anilines is 1. The Hall–Kier alpha value is -1.64. The normalized spacial score (nSPS) is 21.5. The molecule has 0 spiro atoms. The van der Waals surface area contributed by atoms with Crippen LogP contribution in [0, 0.1) is 5.41 Å². The summed E-state index contributed by atoms with van der Waals surface area (Å²) in [6, 6.07) is 7.75. The van der Waals surface area contributed by atoms with Gasteiger partial charge in [0, 0.05) is 24.1 Å². The van der Waals surface area contributed by atoms with Crippen LogP contribution in [0.1, 0.15) is 24.2 Å². The molecule has 0 unspecified atom stereocenters. The quantitative estimate of drug-likeness (QED) is 0.662. The van der Waals surface area contributed by atoms with E-state index in [2.05, 4.69) is 23.7 Å². The van der Waals surface area contributed by atoms with Gasteiger partial charge in [0.25, 0.3) is 0 Å². The molecular weight excluding hydrogens is 200 g/mol. The fourth-order valence-corrected chi connectivity index (χ4v) is 2.34.